The topological polar surface area (TPSA) is 56.0 Å². The smallest absolute Gasteiger partial charge is 0.151 e. The van der Waals surface area contributed by atoms with Gasteiger partial charge in [-0.25, -0.2) is 4.39 Å². The van der Waals surface area contributed by atoms with Gasteiger partial charge in [-0.3, -0.25) is 4.90 Å². The monoisotopic (exact) mass is 339 g/mol. The Balaban J connectivity index is 1.69. The van der Waals surface area contributed by atoms with Crippen molar-refractivity contribution in [3.8, 4) is 6.07 Å². The number of nitriles is 1. The summed E-state index contributed by atoms with van der Waals surface area (Å²) in [6.07, 6.45) is 2.12. The van der Waals surface area contributed by atoms with Crippen LogP contribution in [0.4, 0.5) is 10.2 Å². The number of piperidine rings is 1. The molecule has 0 amide bonds. The third-order valence-electron chi connectivity index (χ3n) is 4.72. The molecule has 130 valence electrons. The summed E-state index contributed by atoms with van der Waals surface area (Å²) in [5.74, 6) is 0.629. The fraction of sp³-hybridized carbons (Fsp3) is 0.421. The van der Waals surface area contributed by atoms with Crippen LogP contribution in [0.25, 0.3) is 0 Å². The fourth-order valence-corrected chi connectivity index (χ4v) is 3.25. The Bertz CT molecular complexity index is 768. The maximum atomic E-state index is 14.0. The van der Waals surface area contributed by atoms with Crippen LogP contribution in [0.15, 0.2) is 30.3 Å². The average molecular weight is 339 g/mol. The van der Waals surface area contributed by atoms with E-state index in [2.05, 4.69) is 26.1 Å². The number of anilines is 1. The van der Waals surface area contributed by atoms with Crippen molar-refractivity contribution >= 4 is 5.82 Å². The van der Waals surface area contributed by atoms with E-state index in [1.807, 2.05) is 26.1 Å². The quantitative estimate of drug-likeness (QED) is 0.857. The lowest BCUT2D eigenvalue weighted by atomic mass is 10.0. The molecule has 0 spiro atoms. The van der Waals surface area contributed by atoms with Gasteiger partial charge in [0.1, 0.15) is 5.82 Å². The normalized spacial score (nSPS) is 17.6. The minimum atomic E-state index is -0.261. The number of rotatable bonds is 4. The van der Waals surface area contributed by atoms with Crippen molar-refractivity contribution in [3.05, 3.63) is 53.0 Å². The summed E-state index contributed by atoms with van der Waals surface area (Å²) in [4.78, 5) is 4.40. The van der Waals surface area contributed by atoms with E-state index in [0.29, 0.717) is 23.7 Å². The first-order valence-electron chi connectivity index (χ1n) is 8.51. The van der Waals surface area contributed by atoms with Gasteiger partial charge in [-0.2, -0.15) is 10.4 Å². The molecule has 0 radical (unpaired) electrons. The van der Waals surface area contributed by atoms with Crippen molar-refractivity contribution in [2.45, 2.75) is 32.4 Å². The average Bonchev–Trinajstić information content (AvgIpc) is 2.64. The molecule has 1 fully saturated rings. The van der Waals surface area contributed by atoms with Gasteiger partial charge >= 0.3 is 0 Å². The number of halogens is 1. The highest BCUT2D eigenvalue weighted by molar-refractivity contribution is 5.38. The molecule has 1 saturated heterocycles. The van der Waals surface area contributed by atoms with Crippen LogP contribution in [0.1, 0.15) is 29.7 Å². The van der Waals surface area contributed by atoms with Gasteiger partial charge < -0.3 is 4.90 Å². The Labute approximate surface area is 147 Å². The summed E-state index contributed by atoms with van der Waals surface area (Å²) in [6, 6.07) is 10.9. The Hall–Kier alpha value is -2.52. The maximum Gasteiger partial charge on any atom is 0.151 e. The first-order valence-corrected chi connectivity index (χ1v) is 8.51. The standard InChI is InChI=1S/C19H22FN5/c1-14-5-8-19(23-22-14)25-9-3-4-17(13-25)24(2)12-16-10-15(11-21)6-7-18(16)20/h5-8,10,17H,3-4,9,12-13H2,1-2H3/t17-/m0/s1. The SMILES string of the molecule is Cc1ccc(N2CCC[C@H](N(C)Cc3cc(C#N)ccc3F)C2)nn1. The molecule has 0 bridgehead atoms. The number of aromatic nitrogens is 2. The molecule has 1 atom stereocenters. The molecule has 6 heteroatoms. The Morgan fingerprint density at radius 2 is 2.16 bits per heavy atom. The van der Waals surface area contributed by atoms with Gasteiger partial charge in [-0.15, -0.1) is 5.10 Å². The summed E-state index contributed by atoms with van der Waals surface area (Å²) in [6.45, 7) is 4.21. The van der Waals surface area contributed by atoms with Crippen LogP contribution in [-0.2, 0) is 6.54 Å². The third kappa shape index (κ3) is 4.12. The number of aryl methyl sites for hydroxylation is 1. The molecule has 0 saturated carbocycles. The Kier molecular flexibility index (Phi) is 5.25. The zero-order chi connectivity index (χ0) is 17.8. The Morgan fingerprint density at radius 1 is 1.32 bits per heavy atom. The number of benzene rings is 1. The van der Waals surface area contributed by atoms with E-state index in [4.69, 9.17) is 5.26 Å². The van der Waals surface area contributed by atoms with Crippen LogP contribution in [0.2, 0.25) is 0 Å². The predicted octanol–water partition coefficient (Wildman–Crippen LogP) is 2.90. The molecule has 25 heavy (non-hydrogen) atoms. The van der Waals surface area contributed by atoms with E-state index >= 15 is 0 Å². The van der Waals surface area contributed by atoms with Crippen molar-refractivity contribution in [1.29, 1.82) is 5.26 Å². The minimum absolute atomic E-state index is 0.261. The van der Waals surface area contributed by atoms with Crippen molar-refractivity contribution in [1.82, 2.24) is 15.1 Å². The highest BCUT2D eigenvalue weighted by Crippen LogP contribution is 2.22. The molecule has 1 aromatic heterocycles. The second kappa shape index (κ2) is 7.58. The summed E-state index contributed by atoms with van der Waals surface area (Å²) in [5, 5.41) is 17.4. The van der Waals surface area contributed by atoms with Gasteiger partial charge in [0.15, 0.2) is 5.82 Å². The lowest BCUT2D eigenvalue weighted by Crippen LogP contribution is -2.46. The fourth-order valence-electron chi connectivity index (χ4n) is 3.25. The second-order valence-electron chi connectivity index (χ2n) is 6.61. The first kappa shape index (κ1) is 17.3. The molecular formula is C19H22FN5. The van der Waals surface area contributed by atoms with Gasteiger partial charge in [0.2, 0.25) is 0 Å². The highest BCUT2D eigenvalue weighted by atomic mass is 19.1. The van der Waals surface area contributed by atoms with E-state index in [1.165, 1.54) is 12.1 Å². The summed E-state index contributed by atoms with van der Waals surface area (Å²) in [7, 11) is 2.01. The first-order chi connectivity index (χ1) is 12.1. The largest absolute Gasteiger partial charge is 0.354 e. The van der Waals surface area contributed by atoms with Gasteiger partial charge in [-0.05, 0) is 57.1 Å². The molecular weight excluding hydrogens is 317 g/mol. The Morgan fingerprint density at radius 3 is 2.88 bits per heavy atom. The predicted molar refractivity (Wildman–Crippen MR) is 94.6 cm³/mol. The van der Waals surface area contributed by atoms with Crippen molar-refractivity contribution < 1.29 is 4.39 Å². The number of hydrogen-bond acceptors (Lipinski definition) is 5. The zero-order valence-electron chi connectivity index (χ0n) is 14.6. The van der Waals surface area contributed by atoms with Crippen LogP contribution in [0.3, 0.4) is 0 Å². The van der Waals surface area contributed by atoms with Crippen molar-refractivity contribution in [2.24, 2.45) is 0 Å². The van der Waals surface area contributed by atoms with Gasteiger partial charge in [0, 0.05) is 31.2 Å². The van der Waals surface area contributed by atoms with E-state index in [-0.39, 0.29) is 5.82 Å². The molecule has 1 aliphatic rings. The number of likely N-dealkylation sites (N-methyl/N-ethyl adjacent to an activating group) is 1. The van der Waals surface area contributed by atoms with E-state index in [9.17, 15) is 4.39 Å². The number of hydrogen-bond donors (Lipinski definition) is 0. The van der Waals surface area contributed by atoms with Crippen LogP contribution in [0.5, 0.6) is 0 Å². The van der Waals surface area contributed by atoms with E-state index < -0.39 is 0 Å². The van der Waals surface area contributed by atoms with Crippen molar-refractivity contribution in [2.75, 3.05) is 25.0 Å². The van der Waals surface area contributed by atoms with Crippen molar-refractivity contribution in [3.63, 3.8) is 0 Å². The lowest BCUT2D eigenvalue weighted by Gasteiger charge is -2.38. The second-order valence-corrected chi connectivity index (χ2v) is 6.61. The van der Waals surface area contributed by atoms with Gasteiger partial charge in [0.25, 0.3) is 0 Å². The third-order valence-corrected chi connectivity index (χ3v) is 4.72. The van der Waals surface area contributed by atoms with Crippen LogP contribution >= 0.6 is 0 Å². The lowest BCUT2D eigenvalue weighted by molar-refractivity contribution is 0.205. The molecule has 0 aliphatic carbocycles. The molecule has 1 aromatic carbocycles. The molecule has 2 heterocycles. The number of nitrogens with zero attached hydrogens (tertiary/aromatic N) is 5. The molecule has 2 aromatic rings. The summed E-state index contributed by atoms with van der Waals surface area (Å²) in [5.41, 5.74) is 1.96. The van der Waals surface area contributed by atoms with Crippen LogP contribution < -0.4 is 4.90 Å². The van der Waals surface area contributed by atoms with Crippen LogP contribution in [-0.4, -0.2) is 41.3 Å². The molecule has 3 rings (SSSR count). The van der Waals surface area contributed by atoms with E-state index in [0.717, 1.165) is 37.4 Å². The molecule has 5 nitrogen and oxygen atoms in total. The van der Waals surface area contributed by atoms with Gasteiger partial charge in [-0.1, -0.05) is 0 Å². The summed E-state index contributed by atoms with van der Waals surface area (Å²) >= 11 is 0. The zero-order valence-corrected chi connectivity index (χ0v) is 14.6. The van der Waals surface area contributed by atoms with E-state index in [1.54, 1.807) is 6.07 Å². The van der Waals surface area contributed by atoms with Gasteiger partial charge in [0.05, 0.1) is 17.3 Å². The maximum absolute atomic E-state index is 14.0. The molecule has 0 unspecified atom stereocenters. The highest BCUT2D eigenvalue weighted by Gasteiger charge is 2.24. The minimum Gasteiger partial charge on any atom is -0.354 e. The summed E-state index contributed by atoms with van der Waals surface area (Å²) < 4.78 is 14.0. The van der Waals surface area contributed by atoms with Crippen LogP contribution in [0, 0.1) is 24.1 Å². The molecule has 1 aliphatic heterocycles. The molecule has 0 N–H and O–H groups in total.